The molecule has 0 bridgehead atoms. The minimum absolute atomic E-state index is 0.252. The highest BCUT2D eigenvalue weighted by atomic mass is 35.5. The summed E-state index contributed by atoms with van der Waals surface area (Å²) in [6.45, 7) is 1.63. The van der Waals surface area contributed by atoms with Crippen LogP contribution in [0.3, 0.4) is 0 Å². The summed E-state index contributed by atoms with van der Waals surface area (Å²) in [5.74, 6) is -0.387. The summed E-state index contributed by atoms with van der Waals surface area (Å²) in [7, 11) is 0. The van der Waals surface area contributed by atoms with Gasteiger partial charge in [0.1, 0.15) is 0 Å². The van der Waals surface area contributed by atoms with Gasteiger partial charge in [-0.15, -0.1) is 0 Å². The van der Waals surface area contributed by atoms with Gasteiger partial charge in [0.2, 0.25) is 12.3 Å². The largest absolute Gasteiger partial charge is 0.277 e. The molecule has 0 saturated carbocycles. The predicted molar refractivity (Wildman–Crippen MR) is 29.1 cm³/mol. The quantitative estimate of drug-likeness (QED) is 0.409. The molecule has 0 aromatic heterocycles. The topological polar surface area (TPSA) is 37.4 Å². The van der Waals surface area contributed by atoms with E-state index >= 15 is 0 Å². The number of carbonyl (C=O) groups excluding carboxylic acids is 2. The minimum atomic E-state index is -0.387. The molecule has 4 heteroatoms. The molecular weight excluding hydrogens is 130 g/mol. The molecule has 0 unspecified atom stereocenters. The summed E-state index contributed by atoms with van der Waals surface area (Å²) < 4.78 is 0.500. The standard InChI is InChI=1S/C4H6ClNO2/c1-2-4(8)6(5)3-7/h3H,2H2,1H3. The lowest BCUT2D eigenvalue weighted by Crippen LogP contribution is -2.17. The van der Waals surface area contributed by atoms with Crippen LogP contribution in [0.25, 0.3) is 0 Å². The van der Waals surface area contributed by atoms with E-state index in [4.69, 9.17) is 11.8 Å². The fraction of sp³-hybridized carbons (Fsp3) is 0.500. The van der Waals surface area contributed by atoms with Gasteiger partial charge < -0.3 is 0 Å². The molecule has 8 heavy (non-hydrogen) atoms. The first-order valence-corrected chi connectivity index (χ1v) is 2.49. The monoisotopic (exact) mass is 135 g/mol. The number of amides is 2. The van der Waals surface area contributed by atoms with Crippen molar-refractivity contribution in [1.82, 2.24) is 4.42 Å². The molecule has 0 aliphatic rings. The van der Waals surface area contributed by atoms with Crippen molar-refractivity contribution in [1.29, 1.82) is 0 Å². The van der Waals surface area contributed by atoms with E-state index in [0.29, 0.717) is 4.42 Å². The van der Waals surface area contributed by atoms with Gasteiger partial charge in [-0.1, -0.05) is 6.92 Å². The molecule has 2 amide bonds. The number of hydrogen-bond donors (Lipinski definition) is 0. The molecule has 3 nitrogen and oxygen atoms in total. The van der Waals surface area contributed by atoms with Crippen molar-refractivity contribution in [3.05, 3.63) is 0 Å². The first kappa shape index (κ1) is 7.43. The SMILES string of the molecule is CCC(=O)N(Cl)C=O. The number of carbonyl (C=O) groups is 2. The van der Waals surface area contributed by atoms with Crippen molar-refractivity contribution in [2.45, 2.75) is 13.3 Å². The van der Waals surface area contributed by atoms with Gasteiger partial charge >= 0.3 is 0 Å². The Hall–Kier alpha value is -0.570. The van der Waals surface area contributed by atoms with Gasteiger partial charge in [-0.05, 0) is 0 Å². The molecule has 0 atom stereocenters. The van der Waals surface area contributed by atoms with Crippen molar-refractivity contribution in [3.63, 3.8) is 0 Å². The van der Waals surface area contributed by atoms with Crippen LogP contribution < -0.4 is 0 Å². The number of halogens is 1. The zero-order chi connectivity index (χ0) is 6.57. The third-order valence-electron chi connectivity index (χ3n) is 0.633. The summed E-state index contributed by atoms with van der Waals surface area (Å²) >= 11 is 5.03. The van der Waals surface area contributed by atoms with Crippen LogP contribution in [0.4, 0.5) is 0 Å². The summed E-state index contributed by atoms with van der Waals surface area (Å²) in [6.07, 6.45) is 0.523. The van der Waals surface area contributed by atoms with Crippen molar-refractivity contribution in [2.24, 2.45) is 0 Å². The third kappa shape index (κ3) is 1.93. The van der Waals surface area contributed by atoms with Crippen molar-refractivity contribution in [3.8, 4) is 0 Å². The Morgan fingerprint density at radius 2 is 2.38 bits per heavy atom. The fourth-order valence-corrected chi connectivity index (χ4v) is 0.329. The molecule has 0 spiro atoms. The molecule has 0 radical (unpaired) electrons. The second-order valence-corrected chi connectivity index (χ2v) is 1.53. The molecule has 46 valence electrons. The molecule has 0 heterocycles. The molecule has 0 aliphatic carbocycles. The second kappa shape index (κ2) is 3.43. The molecule has 0 fully saturated rings. The molecule has 0 aliphatic heterocycles. The van der Waals surface area contributed by atoms with Gasteiger partial charge in [0.25, 0.3) is 0 Å². The Morgan fingerprint density at radius 3 is 2.50 bits per heavy atom. The van der Waals surface area contributed by atoms with Crippen LogP contribution in [0, 0.1) is 0 Å². The highest BCUT2D eigenvalue weighted by Gasteiger charge is 2.03. The highest BCUT2D eigenvalue weighted by molar-refractivity contribution is 6.26. The maximum absolute atomic E-state index is 10.3. The molecule has 0 aromatic carbocycles. The van der Waals surface area contributed by atoms with Gasteiger partial charge in [0.05, 0.1) is 0 Å². The number of imide groups is 1. The molecule has 0 aromatic rings. The zero-order valence-electron chi connectivity index (χ0n) is 4.43. The zero-order valence-corrected chi connectivity index (χ0v) is 5.18. The van der Waals surface area contributed by atoms with Crippen molar-refractivity contribution in [2.75, 3.05) is 0 Å². The minimum Gasteiger partial charge on any atom is -0.277 e. The number of nitrogens with zero attached hydrogens (tertiary/aromatic N) is 1. The average molecular weight is 136 g/mol. The fourth-order valence-electron chi connectivity index (χ4n) is 0.210. The summed E-state index contributed by atoms with van der Waals surface area (Å²) in [5.41, 5.74) is 0. The molecule has 0 saturated heterocycles. The summed E-state index contributed by atoms with van der Waals surface area (Å²) in [4.78, 5) is 20.0. The van der Waals surface area contributed by atoms with Crippen LogP contribution in [0.2, 0.25) is 0 Å². The number of hydrogen-bond acceptors (Lipinski definition) is 2. The molecular formula is C4H6ClNO2. The smallest absolute Gasteiger partial charge is 0.243 e. The first-order valence-electron chi connectivity index (χ1n) is 2.15. The highest BCUT2D eigenvalue weighted by Crippen LogP contribution is 1.91. The van der Waals surface area contributed by atoms with E-state index in [1.807, 2.05) is 0 Å². The lowest BCUT2D eigenvalue weighted by molar-refractivity contribution is -0.132. The Bertz CT molecular complexity index is 104. The van der Waals surface area contributed by atoms with Gasteiger partial charge in [-0.3, -0.25) is 9.59 Å². The van der Waals surface area contributed by atoms with Crippen LogP contribution in [0.5, 0.6) is 0 Å². The maximum atomic E-state index is 10.3. The summed E-state index contributed by atoms with van der Waals surface area (Å²) in [6, 6.07) is 0. The molecule has 0 rings (SSSR count). The van der Waals surface area contributed by atoms with Crippen LogP contribution in [0.1, 0.15) is 13.3 Å². The van der Waals surface area contributed by atoms with Crippen LogP contribution in [-0.4, -0.2) is 16.7 Å². The Kier molecular flexibility index (Phi) is 3.19. The van der Waals surface area contributed by atoms with Crippen LogP contribution in [0.15, 0.2) is 0 Å². The van der Waals surface area contributed by atoms with Gasteiger partial charge in [0, 0.05) is 18.2 Å². The van der Waals surface area contributed by atoms with E-state index in [-0.39, 0.29) is 18.7 Å². The van der Waals surface area contributed by atoms with E-state index in [0.717, 1.165) is 0 Å². The van der Waals surface area contributed by atoms with E-state index in [1.165, 1.54) is 0 Å². The lowest BCUT2D eigenvalue weighted by atomic mass is 10.5. The van der Waals surface area contributed by atoms with Crippen LogP contribution >= 0.6 is 11.8 Å². The van der Waals surface area contributed by atoms with Gasteiger partial charge in [0.15, 0.2) is 0 Å². The third-order valence-corrected chi connectivity index (χ3v) is 0.901. The lowest BCUT2D eigenvalue weighted by Gasteiger charge is -1.99. The Labute approximate surface area is 52.3 Å². The predicted octanol–water partition coefficient (Wildman–Crippen LogP) is 0.535. The maximum Gasteiger partial charge on any atom is 0.243 e. The van der Waals surface area contributed by atoms with E-state index in [2.05, 4.69) is 0 Å². The van der Waals surface area contributed by atoms with Gasteiger partial charge in [-0.25, -0.2) is 0 Å². The van der Waals surface area contributed by atoms with Gasteiger partial charge in [-0.2, -0.15) is 4.42 Å². The summed E-state index contributed by atoms with van der Waals surface area (Å²) in [5, 5.41) is 0. The second-order valence-electron chi connectivity index (χ2n) is 1.16. The van der Waals surface area contributed by atoms with E-state index in [1.54, 1.807) is 6.92 Å². The van der Waals surface area contributed by atoms with E-state index in [9.17, 15) is 9.59 Å². The van der Waals surface area contributed by atoms with E-state index < -0.39 is 0 Å². The average Bonchev–Trinajstić information content (AvgIpc) is 1.84. The molecule has 0 N–H and O–H groups in total. The van der Waals surface area contributed by atoms with Crippen molar-refractivity contribution < 1.29 is 9.59 Å². The Balaban J connectivity index is 3.62. The Morgan fingerprint density at radius 1 is 1.88 bits per heavy atom. The normalized spacial score (nSPS) is 8.25. The first-order chi connectivity index (χ1) is 3.72. The van der Waals surface area contributed by atoms with Crippen LogP contribution in [-0.2, 0) is 9.59 Å². The van der Waals surface area contributed by atoms with Crippen molar-refractivity contribution >= 4 is 24.1 Å². The number of rotatable bonds is 2.